The summed E-state index contributed by atoms with van der Waals surface area (Å²) in [4.78, 5) is 25.8. The van der Waals surface area contributed by atoms with Crippen LogP contribution in [0.3, 0.4) is 0 Å². The number of methoxy groups -OCH3 is 1. The van der Waals surface area contributed by atoms with E-state index >= 15 is 0 Å². The van der Waals surface area contributed by atoms with E-state index in [1.54, 1.807) is 30.8 Å². The Kier molecular flexibility index (Phi) is 6.32. The van der Waals surface area contributed by atoms with Gasteiger partial charge in [-0.05, 0) is 42.8 Å². The molecule has 0 aliphatic heterocycles. The molecule has 1 aromatic heterocycles. The number of carbonyl (C=O) groups excluding carboxylic acids is 1. The number of hydrogen-bond acceptors (Lipinski definition) is 5. The van der Waals surface area contributed by atoms with Crippen LogP contribution in [0.15, 0.2) is 57.3 Å². The van der Waals surface area contributed by atoms with Gasteiger partial charge in [-0.15, -0.1) is 0 Å². The number of para-hydroxylation sites is 1. The Hall–Kier alpha value is -3.77. The summed E-state index contributed by atoms with van der Waals surface area (Å²) in [6.07, 6.45) is 1.34. The molecule has 0 bridgehead atoms. The molecule has 1 amide bonds. The molecule has 0 radical (unpaired) electrons. The van der Waals surface area contributed by atoms with Crippen molar-refractivity contribution < 1.29 is 14.6 Å². The highest BCUT2D eigenvalue weighted by Crippen LogP contribution is 2.33. The van der Waals surface area contributed by atoms with E-state index in [1.807, 2.05) is 24.3 Å². The number of phenols is 1. The molecular weight excluding hydrogens is 464 g/mol. The lowest BCUT2D eigenvalue weighted by Gasteiger charge is -2.08. The summed E-state index contributed by atoms with van der Waals surface area (Å²) in [6.45, 7) is 1.70. The largest absolute Gasteiger partial charge is 0.504 e. The van der Waals surface area contributed by atoms with Crippen molar-refractivity contribution in [1.82, 2.24) is 9.36 Å². The van der Waals surface area contributed by atoms with E-state index in [0.29, 0.717) is 21.4 Å². The van der Waals surface area contributed by atoms with Crippen LogP contribution in [0.25, 0.3) is 11.8 Å². The first-order valence-electron chi connectivity index (χ1n) is 9.12. The Labute approximate surface area is 186 Å². The van der Waals surface area contributed by atoms with Crippen molar-refractivity contribution in [2.45, 2.75) is 6.92 Å². The van der Waals surface area contributed by atoms with Gasteiger partial charge in [-0.2, -0.15) is 5.26 Å². The molecule has 3 rings (SSSR count). The molecule has 2 N–H and O–H groups in total. The Balaban J connectivity index is 1.99. The maximum atomic E-state index is 13.0. The fraction of sp³-hybridized carbons (Fsp3) is 0.136. The monoisotopic (exact) mass is 482 g/mol. The van der Waals surface area contributed by atoms with E-state index in [1.165, 1.54) is 30.0 Å². The molecule has 2 aromatic carbocycles. The summed E-state index contributed by atoms with van der Waals surface area (Å²) in [6, 6.07) is 13.8. The number of rotatable bonds is 5. The van der Waals surface area contributed by atoms with Gasteiger partial charge >= 0.3 is 0 Å². The quantitative estimate of drug-likeness (QED) is 0.427. The topological polar surface area (TPSA) is 109 Å². The average Bonchev–Trinajstić information content (AvgIpc) is 2.96. The second-order valence-corrected chi connectivity index (χ2v) is 7.46. The molecule has 0 spiro atoms. The van der Waals surface area contributed by atoms with E-state index in [4.69, 9.17) is 4.74 Å². The number of anilines is 1. The van der Waals surface area contributed by atoms with Crippen molar-refractivity contribution in [3.05, 3.63) is 74.1 Å². The smallest absolute Gasteiger partial charge is 0.295 e. The molecule has 8 nitrogen and oxygen atoms in total. The maximum absolute atomic E-state index is 13.0. The minimum absolute atomic E-state index is 0.0832. The van der Waals surface area contributed by atoms with Gasteiger partial charge in [0.1, 0.15) is 17.3 Å². The van der Waals surface area contributed by atoms with Gasteiger partial charge in [-0.3, -0.25) is 14.3 Å². The number of halogens is 1. The minimum atomic E-state index is -0.729. The summed E-state index contributed by atoms with van der Waals surface area (Å²) >= 11 is 3.29. The first-order valence-corrected chi connectivity index (χ1v) is 9.91. The number of hydrogen-bond donors (Lipinski definition) is 2. The number of carbonyl (C=O) groups is 1. The zero-order valence-corrected chi connectivity index (χ0v) is 18.6. The SMILES string of the molecule is COc1cc(/C=C(/C#N)C(=O)Nc2c(C)n(C)n(-c3ccccc3)c2=O)c(Br)cc1O. The fourth-order valence-corrected chi connectivity index (χ4v) is 3.48. The number of aromatic hydroxyl groups is 1. The highest BCUT2D eigenvalue weighted by Gasteiger charge is 2.20. The van der Waals surface area contributed by atoms with Gasteiger partial charge in [0.25, 0.3) is 11.5 Å². The highest BCUT2D eigenvalue weighted by molar-refractivity contribution is 9.10. The number of nitrogens with zero attached hydrogens (tertiary/aromatic N) is 3. The molecule has 31 heavy (non-hydrogen) atoms. The molecule has 1 heterocycles. The molecule has 0 fully saturated rings. The van der Waals surface area contributed by atoms with Gasteiger partial charge in [-0.25, -0.2) is 4.68 Å². The third kappa shape index (κ3) is 4.25. The van der Waals surface area contributed by atoms with Crippen molar-refractivity contribution in [3.63, 3.8) is 0 Å². The third-order valence-corrected chi connectivity index (χ3v) is 5.44. The molecule has 158 valence electrons. The van der Waals surface area contributed by atoms with Crippen LogP contribution >= 0.6 is 15.9 Å². The molecule has 9 heteroatoms. The Bertz CT molecular complexity index is 1280. The number of phenolic OH excluding ortho intramolecular Hbond substituents is 1. The fourth-order valence-electron chi connectivity index (χ4n) is 3.03. The second kappa shape index (κ2) is 8.93. The van der Waals surface area contributed by atoms with E-state index < -0.39 is 11.5 Å². The van der Waals surface area contributed by atoms with E-state index in [9.17, 15) is 20.0 Å². The number of nitriles is 1. The number of amides is 1. The zero-order chi connectivity index (χ0) is 22.7. The zero-order valence-electron chi connectivity index (χ0n) is 17.0. The summed E-state index contributed by atoms with van der Waals surface area (Å²) in [5.74, 6) is -0.625. The molecule has 0 aliphatic rings. The van der Waals surface area contributed by atoms with Gasteiger partial charge in [-0.1, -0.05) is 34.1 Å². The van der Waals surface area contributed by atoms with Crippen LogP contribution in [-0.4, -0.2) is 27.5 Å². The number of ether oxygens (including phenoxy) is 1. The van der Waals surface area contributed by atoms with Gasteiger partial charge in [0.05, 0.1) is 18.5 Å². The minimum Gasteiger partial charge on any atom is -0.504 e. The predicted molar refractivity (Wildman–Crippen MR) is 120 cm³/mol. The van der Waals surface area contributed by atoms with Gasteiger partial charge in [0.15, 0.2) is 11.5 Å². The van der Waals surface area contributed by atoms with E-state index in [2.05, 4.69) is 21.2 Å². The van der Waals surface area contributed by atoms with Crippen LogP contribution in [0.5, 0.6) is 11.5 Å². The summed E-state index contributed by atoms with van der Waals surface area (Å²) in [5, 5.41) is 21.9. The highest BCUT2D eigenvalue weighted by atomic mass is 79.9. The molecule has 0 unspecified atom stereocenters. The second-order valence-electron chi connectivity index (χ2n) is 6.61. The standard InChI is InChI=1S/C22H19BrN4O4/c1-13-20(22(30)27(26(13)2)16-7-5-4-6-8-16)25-21(29)15(12-24)9-14-10-19(31-3)18(28)11-17(14)23/h4-11,28H,1-3H3,(H,25,29)/b15-9-. The normalized spacial score (nSPS) is 11.1. The van der Waals surface area contributed by atoms with Gasteiger partial charge in [0.2, 0.25) is 0 Å². The van der Waals surface area contributed by atoms with Gasteiger partial charge in [0, 0.05) is 11.5 Å². The average molecular weight is 483 g/mol. The maximum Gasteiger partial charge on any atom is 0.295 e. The first kappa shape index (κ1) is 21.9. The lowest BCUT2D eigenvalue weighted by atomic mass is 10.1. The third-order valence-electron chi connectivity index (χ3n) is 4.76. The Morgan fingerprint density at radius 3 is 2.58 bits per heavy atom. The Morgan fingerprint density at radius 2 is 1.97 bits per heavy atom. The molecular formula is C22H19BrN4O4. The lowest BCUT2D eigenvalue weighted by molar-refractivity contribution is -0.112. The summed E-state index contributed by atoms with van der Waals surface area (Å²) < 4.78 is 8.60. The van der Waals surface area contributed by atoms with Crippen LogP contribution < -0.4 is 15.6 Å². The molecule has 0 aliphatic carbocycles. The van der Waals surface area contributed by atoms with Gasteiger partial charge < -0.3 is 15.2 Å². The van der Waals surface area contributed by atoms with Crippen LogP contribution in [-0.2, 0) is 11.8 Å². The number of nitrogens with one attached hydrogen (secondary N) is 1. The molecule has 3 aromatic rings. The van der Waals surface area contributed by atoms with Crippen LogP contribution in [0.2, 0.25) is 0 Å². The van der Waals surface area contributed by atoms with Crippen molar-refractivity contribution in [3.8, 4) is 23.3 Å². The number of benzene rings is 2. The molecule has 0 saturated carbocycles. The molecule has 0 saturated heterocycles. The lowest BCUT2D eigenvalue weighted by Crippen LogP contribution is -2.23. The van der Waals surface area contributed by atoms with E-state index in [-0.39, 0.29) is 22.8 Å². The summed E-state index contributed by atoms with van der Waals surface area (Å²) in [5.41, 5.74) is 1.08. The number of aromatic nitrogens is 2. The van der Waals surface area contributed by atoms with Crippen molar-refractivity contribution in [2.75, 3.05) is 12.4 Å². The first-order chi connectivity index (χ1) is 14.8. The van der Waals surface area contributed by atoms with Crippen molar-refractivity contribution >= 4 is 33.6 Å². The van der Waals surface area contributed by atoms with Crippen LogP contribution in [0.1, 0.15) is 11.3 Å². The van der Waals surface area contributed by atoms with E-state index in [0.717, 1.165) is 0 Å². The Morgan fingerprint density at radius 1 is 1.29 bits per heavy atom. The predicted octanol–water partition coefficient (Wildman–Crippen LogP) is 3.51. The summed E-state index contributed by atoms with van der Waals surface area (Å²) in [7, 11) is 3.10. The van der Waals surface area contributed by atoms with Crippen LogP contribution in [0.4, 0.5) is 5.69 Å². The van der Waals surface area contributed by atoms with Crippen LogP contribution in [0, 0.1) is 18.3 Å². The molecule has 0 atom stereocenters. The van der Waals surface area contributed by atoms with Crippen molar-refractivity contribution in [2.24, 2.45) is 7.05 Å². The van der Waals surface area contributed by atoms with Crippen molar-refractivity contribution in [1.29, 1.82) is 5.26 Å².